The van der Waals surface area contributed by atoms with Gasteiger partial charge in [0.05, 0.1) is 12.9 Å². The summed E-state index contributed by atoms with van der Waals surface area (Å²) in [7, 11) is 1.43. The van der Waals surface area contributed by atoms with E-state index in [0.717, 1.165) is 0 Å². The number of methoxy groups -OCH3 is 1. The summed E-state index contributed by atoms with van der Waals surface area (Å²) in [5.41, 5.74) is 0.122. The molecule has 0 radical (unpaired) electrons. The molecule has 1 aliphatic rings. The van der Waals surface area contributed by atoms with Gasteiger partial charge in [-0.25, -0.2) is 9.97 Å². The minimum absolute atomic E-state index is 0.165. The first-order valence-electron chi connectivity index (χ1n) is 6.47. The Morgan fingerprint density at radius 2 is 2.33 bits per heavy atom. The summed E-state index contributed by atoms with van der Waals surface area (Å²) >= 11 is 0. The van der Waals surface area contributed by atoms with E-state index in [9.17, 15) is 15.0 Å². The predicted octanol–water partition coefficient (Wildman–Crippen LogP) is -1.31. The van der Waals surface area contributed by atoms with E-state index < -0.39 is 24.5 Å². The van der Waals surface area contributed by atoms with Gasteiger partial charge in [-0.3, -0.25) is 9.36 Å². The summed E-state index contributed by atoms with van der Waals surface area (Å²) in [5.74, 6) is 0.434. The molecule has 3 rings (SSSR count). The quantitative estimate of drug-likeness (QED) is 0.643. The van der Waals surface area contributed by atoms with E-state index in [0.29, 0.717) is 11.5 Å². The van der Waals surface area contributed by atoms with Crippen molar-refractivity contribution < 1.29 is 19.7 Å². The molecule has 114 valence electrons. The summed E-state index contributed by atoms with van der Waals surface area (Å²) in [4.78, 5) is 22.6. The number of ether oxygens (including phenoxy) is 2. The van der Waals surface area contributed by atoms with Crippen LogP contribution in [0.5, 0.6) is 0 Å². The number of fused-ring (bicyclic) bond motifs is 1. The van der Waals surface area contributed by atoms with Crippen LogP contribution in [-0.2, 0) is 9.47 Å². The number of aromatic nitrogens is 4. The Bertz CT molecular complexity index is 711. The summed E-state index contributed by atoms with van der Waals surface area (Å²) in [6.07, 6.45) is -1.78. The fourth-order valence-electron chi connectivity index (χ4n) is 2.61. The monoisotopic (exact) mass is 296 g/mol. The van der Waals surface area contributed by atoms with Crippen LogP contribution in [0.15, 0.2) is 11.1 Å². The third kappa shape index (κ3) is 2.14. The zero-order chi connectivity index (χ0) is 15.1. The number of aliphatic hydroxyl groups excluding tert-OH is 2. The average Bonchev–Trinajstić information content (AvgIpc) is 2.99. The Hall–Kier alpha value is -1.81. The lowest BCUT2D eigenvalue weighted by Gasteiger charge is -2.17. The molecule has 0 bridgehead atoms. The summed E-state index contributed by atoms with van der Waals surface area (Å²) in [5, 5.41) is 19.6. The van der Waals surface area contributed by atoms with Gasteiger partial charge in [0, 0.05) is 7.11 Å². The van der Waals surface area contributed by atoms with Crippen molar-refractivity contribution in [1.82, 2.24) is 19.5 Å². The minimum atomic E-state index is -1.01. The number of H-pyrrole nitrogens is 1. The Kier molecular flexibility index (Phi) is 3.49. The van der Waals surface area contributed by atoms with Gasteiger partial charge in [-0.05, 0) is 6.92 Å². The number of aryl methyl sites for hydroxylation is 1. The van der Waals surface area contributed by atoms with Crippen molar-refractivity contribution in [3.63, 3.8) is 0 Å². The second-order valence-corrected chi connectivity index (χ2v) is 4.91. The molecule has 0 aromatic carbocycles. The molecular weight excluding hydrogens is 280 g/mol. The number of nitrogens with one attached hydrogen (secondary N) is 1. The van der Waals surface area contributed by atoms with Crippen molar-refractivity contribution in [2.75, 3.05) is 13.7 Å². The zero-order valence-electron chi connectivity index (χ0n) is 11.6. The Labute approximate surface area is 119 Å². The van der Waals surface area contributed by atoms with Gasteiger partial charge in [0.2, 0.25) is 0 Å². The fourth-order valence-corrected chi connectivity index (χ4v) is 2.61. The second kappa shape index (κ2) is 5.19. The van der Waals surface area contributed by atoms with Gasteiger partial charge in [0.15, 0.2) is 17.4 Å². The molecule has 0 amide bonds. The molecule has 0 spiro atoms. The standard InChI is InChI=1S/C12H16N4O5/c1-5-14-10-7(11(19)15-5)13-4-16(10)12-8(18)9(20-2)6(3-17)21-12/h4,6,8-9,12,17-18H,3H2,1-2H3,(H,14,15,19)/t6-,8+,9?,12-/m1/s1. The Morgan fingerprint density at radius 1 is 1.57 bits per heavy atom. The molecule has 3 heterocycles. The molecule has 1 fully saturated rings. The van der Waals surface area contributed by atoms with Crippen LogP contribution in [0.4, 0.5) is 0 Å². The van der Waals surface area contributed by atoms with Crippen molar-refractivity contribution in [2.24, 2.45) is 0 Å². The first-order valence-corrected chi connectivity index (χ1v) is 6.47. The molecule has 0 saturated carbocycles. The SMILES string of the molecule is COC1[C@@H](CO)O[C@@H](n2cnc3c(=O)[nH]c(C)nc32)[C@H]1O. The van der Waals surface area contributed by atoms with Gasteiger partial charge in [-0.15, -0.1) is 0 Å². The fraction of sp³-hybridized carbons (Fsp3) is 0.583. The van der Waals surface area contributed by atoms with Gasteiger partial charge in [-0.1, -0.05) is 0 Å². The van der Waals surface area contributed by atoms with Crippen LogP contribution in [0, 0.1) is 6.92 Å². The van der Waals surface area contributed by atoms with Gasteiger partial charge >= 0.3 is 0 Å². The molecule has 9 heteroatoms. The van der Waals surface area contributed by atoms with Crippen molar-refractivity contribution in [2.45, 2.75) is 31.5 Å². The van der Waals surface area contributed by atoms with Crippen LogP contribution in [-0.4, -0.2) is 61.8 Å². The predicted molar refractivity (Wildman–Crippen MR) is 70.7 cm³/mol. The molecule has 3 N–H and O–H groups in total. The lowest BCUT2D eigenvalue weighted by molar-refractivity contribution is -0.0536. The molecule has 1 unspecified atom stereocenters. The van der Waals surface area contributed by atoms with Gasteiger partial charge < -0.3 is 24.7 Å². The number of rotatable bonds is 3. The molecule has 4 atom stereocenters. The molecule has 2 aromatic heterocycles. The van der Waals surface area contributed by atoms with Crippen molar-refractivity contribution in [3.05, 3.63) is 22.5 Å². The number of imidazole rings is 1. The maximum Gasteiger partial charge on any atom is 0.279 e. The Balaban J connectivity index is 2.07. The number of hydrogen-bond acceptors (Lipinski definition) is 7. The zero-order valence-corrected chi connectivity index (χ0v) is 11.6. The number of aliphatic hydroxyl groups is 2. The van der Waals surface area contributed by atoms with Crippen molar-refractivity contribution >= 4 is 11.2 Å². The van der Waals surface area contributed by atoms with Crippen LogP contribution >= 0.6 is 0 Å². The van der Waals surface area contributed by atoms with E-state index in [2.05, 4.69) is 15.0 Å². The molecule has 1 aliphatic heterocycles. The van der Waals surface area contributed by atoms with Crippen LogP contribution in [0.2, 0.25) is 0 Å². The molecule has 0 aliphatic carbocycles. The third-order valence-corrected chi connectivity index (χ3v) is 3.59. The van der Waals surface area contributed by atoms with Crippen molar-refractivity contribution in [3.8, 4) is 0 Å². The number of nitrogens with zero attached hydrogens (tertiary/aromatic N) is 3. The lowest BCUT2D eigenvalue weighted by Crippen LogP contribution is -2.35. The number of hydrogen-bond donors (Lipinski definition) is 3. The second-order valence-electron chi connectivity index (χ2n) is 4.91. The van der Waals surface area contributed by atoms with Gasteiger partial charge in [-0.2, -0.15) is 0 Å². The highest BCUT2D eigenvalue weighted by atomic mass is 16.6. The van der Waals surface area contributed by atoms with E-state index in [-0.39, 0.29) is 17.7 Å². The molecule has 21 heavy (non-hydrogen) atoms. The summed E-state index contributed by atoms with van der Waals surface area (Å²) < 4.78 is 12.2. The van der Waals surface area contributed by atoms with E-state index in [4.69, 9.17) is 9.47 Å². The molecular formula is C12H16N4O5. The van der Waals surface area contributed by atoms with Crippen LogP contribution in [0.25, 0.3) is 11.2 Å². The number of aromatic amines is 1. The maximum absolute atomic E-state index is 11.8. The average molecular weight is 296 g/mol. The van der Waals surface area contributed by atoms with Gasteiger partial charge in [0.1, 0.15) is 24.1 Å². The van der Waals surface area contributed by atoms with E-state index in [1.165, 1.54) is 18.0 Å². The normalized spacial score (nSPS) is 29.3. The third-order valence-electron chi connectivity index (χ3n) is 3.59. The van der Waals surface area contributed by atoms with Crippen molar-refractivity contribution in [1.29, 1.82) is 0 Å². The highest BCUT2D eigenvalue weighted by Gasteiger charge is 2.45. The van der Waals surface area contributed by atoms with Crippen LogP contribution < -0.4 is 5.56 Å². The van der Waals surface area contributed by atoms with Crippen LogP contribution in [0.3, 0.4) is 0 Å². The summed E-state index contributed by atoms with van der Waals surface area (Å²) in [6, 6.07) is 0. The van der Waals surface area contributed by atoms with E-state index >= 15 is 0 Å². The van der Waals surface area contributed by atoms with E-state index in [1.54, 1.807) is 6.92 Å². The van der Waals surface area contributed by atoms with E-state index in [1.807, 2.05) is 0 Å². The Morgan fingerprint density at radius 3 is 2.95 bits per heavy atom. The van der Waals surface area contributed by atoms with Gasteiger partial charge in [0.25, 0.3) is 5.56 Å². The maximum atomic E-state index is 11.8. The molecule has 9 nitrogen and oxygen atoms in total. The minimum Gasteiger partial charge on any atom is -0.394 e. The first kappa shape index (κ1) is 14.1. The molecule has 1 saturated heterocycles. The first-order chi connectivity index (χ1) is 10.1. The lowest BCUT2D eigenvalue weighted by atomic mass is 10.1. The van der Waals surface area contributed by atoms with Crippen LogP contribution in [0.1, 0.15) is 12.1 Å². The largest absolute Gasteiger partial charge is 0.394 e. The molecule has 2 aromatic rings. The summed E-state index contributed by atoms with van der Waals surface area (Å²) in [6.45, 7) is 1.37. The highest BCUT2D eigenvalue weighted by molar-refractivity contribution is 5.69. The highest BCUT2D eigenvalue weighted by Crippen LogP contribution is 2.32. The topological polar surface area (TPSA) is 122 Å². The smallest absolute Gasteiger partial charge is 0.279 e.